The van der Waals surface area contributed by atoms with Gasteiger partial charge < -0.3 is 5.32 Å². The lowest BCUT2D eigenvalue weighted by Gasteiger charge is -2.14. The first kappa shape index (κ1) is 23.7. The summed E-state index contributed by atoms with van der Waals surface area (Å²) in [5, 5.41) is 2.98. The molecule has 0 aliphatic rings. The lowest BCUT2D eigenvalue weighted by atomic mass is 10.0. The first-order valence-corrected chi connectivity index (χ1v) is 12.1. The molecule has 0 aliphatic carbocycles. The summed E-state index contributed by atoms with van der Waals surface area (Å²) in [6.07, 6.45) is 18.2. The van der Waals surface area contributed by atoms with Crippen molar-refractivity contribution >= 4 is 73.7 Å². The molecule has 0 spiro atoms. The monoisotopic (exact) mass is 647 g/mol. The topological polar surface area (TPSA) is 29.1 Å². The number of carbonyl (C=O) groups is 1. The molecule has 0 bridgehead atoms. The number of hydrogen-bond acceptors (Lipinski definition) is 1. The summed E-state index contributed by atoms with van der Waals surface area (Å²) in [4.78, 5) is 11.6. The maximum atomic E-state index is 11.6. The van der Waals surface area contributed by atoms with Crippen LogP contribution in [0.2, 0.25) is 0 Å². The maximum absolute atomic E-state index is 11.6. The minimum Gasteiger partial charge on any atom is -0.325 e. The van der Waals surface area contributed by atoms with Crippen LogP contribution >= 0.6 is 67.8 Å². The van der Waals surface area contributed by atoms with Crippen LogP contribution in [0.3, 0.4) is 0 Å². The van der Waals surface area contributed by atoms with E-state index in [4.69, 9.17) is 0 Å². The number of hydrogen-bond donors (Lipinski definition) is 1. The van der Waals surface area contributed by atoms with Gasteiger partial charge in [-0.25, -0.2) is 0 Å². The van der Waals surface area contributed by atoms with Crippen LogP contribution in [0.1, 0.15) is 96.8 Å². The Bertz CT molecular complexity index is 267. The average Bonchev–Trinajstić information content (AvgIpc) is 2.42. The molecule has 5 heteroatoms. The van der Waals surface area contributed by atoms with E-state index in [9.17, 15) is 4.79 Å². The standard InChI is InChI=1S/C17H32I3NO/c1-2-3-4-5-6-7-8-9-10-11-12-13-14-15-16(22)21-17(18,19)20/h2-15H2,1H3,(H,21,22). The molecule has 0 aromatic rings. The first-order valence-electron chi connectivity index (χ1n) is 8.83. The van der Waals surface area contributed by atoms with Crippen LogP contribution < -0.4 is 5.32 Å². The fraction of sp³-hybridized carbons (Fsp3) is 0.941. The summed E-state index contributed by atoms with van der Waals surface area (Å²) in [6, 6.07) is 0. The largest absolute Gasteiger partial charge is 0.325 e. The van der Waals surface area contributed by atoms with Crippen LogP contribution in [0, 0.1) is 0 Å². The normalized spacial score (nSPS) is 11.6. The smallest absolute Gasteiger partial charge is 0.222 e. The van der Waals surface area contributed by atoms with Crippen molar-refractivity contribution < 1.29 is 4.79 Å². The molecular formula is C17H32I3NO. The first-order chi connectivity index (χ1) is 10.5. The van der Waals surface area contributed by atoms with Crippen molar-refractivity contribution in [3.05, 3.63) is 0 Å². The third kappa shape index (κ3) is 19.7. The predicted octanol–water partition coefficient (Wildman–Crippen LogP) is 7.50. The minimum atomic E-state index is -0.180. The number of rotatable bonds is 15. The van der Waals surface area contributed by atoms with Gasteiger partial charge in [0.15, 0.2) is -0.441 Å². The van der Waals surface area contributed by atoms with Crippen molar-refractivity contribution in [3.63, 3.8) is 0 Å². The lowest BCUT2D eigenvalue weighted by molar-refractivity contribution is -0.120. The molecule has 0 rings (SSSR count). The highest BCUT2D eigenvalue weighted by atomic mass is 127. The van der Waals surface area contributed by atoms with Crippen LogP contribution in [0.25, 0.3) is 0 Å². The van der Waals surface area contributed by atoms with Gasteiger partial charge >= 0.3 is 0 Å². The number of amides is 1. The van der Waals surface area contributed by atoms with Crippen LogP contribution in [0.4, 0.5) is 0 Å². The van der Waals surface area contributed by atoms with Gasteiger partial charge in [-0.15, -0.1) is 0 Å². The van der Waals surface area contributed by atoms with E-state index in [0.717, 1.165) is 6.42 Å². The number of carbonyl (C=O) groups excluding carboxylic acids is 1. The van der Waals surface area contributed by atoms with E-state index in [0.29, 0.717) is 6.42 Å². The average molecular weight is 647 g/mol. The Balaban J connectivity index is 3.16. The van der Waals surface area contributed by atoms with Crippen molar-refractivity contribution in [2.45, 2.75) is 96.4 Å². The molecule has 1 amide bonds. The Morgan fingerprint density at radius 1 is 0.727 bits per heavy atom. The molecule has 22 heavy (non-hydrogen) atoms. The minimum absolute atomic E-state index is 0.180. The Kier molecular flexibility index (Phi) is 17.4. The van der Waals surface area contributed by atoms with Crippen LogP contribution in [-0.2, 0) is 4.79 Å². The van der Waals surface area contributed by atoms with E-state index in [1.54, 1.807) is 0 Å². The molecule has 0 fully saturated rings. The SMILES string of the molecule is CCCCCCCCCCCCCCCC(=O)NC(I)(I)I. The zero-order valence-electron chi connectivity index (χ0n) is 13.9. The summed E-state index contributed by atoms with van der Waals surface area (Å²) < 4.78 is -0.180. The number of alkyl halides is 3. The highest BCUT2D eigenvalue weighted by molar-refractivity contribution is 14.3. The summed E-state index contributed by atoms with van der Waals surface area (Å²) in [6.45, 7) is 2.27. The third-order valence-corrected chi connectivity index (χ3v) is 4.60. The molecule has 0 atom stereocenters. The Morgan fingerprint density at radius 2 is 1.09 bits per heavy atom. The van der Waals surface area contributed by atoms with E-state index >= 15 is 0 Å². The zero-order chi connectivity index (χ0) is 16.7. The fourth-order valence-corrected chi connectivity index (χ4v) is 3.43. The van der Waals surface area contributed by atoms with E-state index in [1.165, 1.54) is 77.0 Å². The van der Waals surface area contributed by atoms with Gasteiger partial charge in [0.05, 0.1) is 0 Å². The van der Waals surface area contributed by atoms with Crippen LogP contribution in [-0.4, -0.2) is 5.47 Å². The Labute approximate surface area is 178 Å². The van der Waals surface area contributed by atoms with Crippen LogP contribution in [0.5, 0.6) is 0 Å². The molecule has 1 N–H and O–H groups in total. The molecule has 0 saturated heterocycles. The zero-order valence-corrected chi connectivity index (χ0v) is 20.4. The molecule has 0 saturated carbocycles. The maximum Gasteiger partial charge on any atom is 0.222 e. The van der Waals surface area contributed by atoms with Crippen molar-refractivity contribution in [3.8, 4) is 0 Å². The third-order valence-electron chi connectivity index (χ3n) is 3.79. The number of halogens is 3. The van der Waals surface area contributed by atoms with Crippen molar-refractivity contribution in [1.82, 2.24) is 5.32 Å². The highest BCUT2D eigenvalue weighted by Crippen LogP contribution is 2.31. The second-order valence-electron chi connectivity index (χ2n) is 6.04. The molecule has 0 heterocycles. The molecule has 0 aliphatic heterocycles. The van der Waals surface area contributed by atoms with Gasteiger partial charge in [0, 0.05) is 6.42 Å². The lowest BCUT2D eigenvalue weighted by Crippen LogP contribution is -2.32. The van der Waals surface area contributed by atoms with Crippen molar-refractivity contribution in [2.24, 2.45) is 0 Å². The van der Waals surface area contributed by atoms with E-state index in [2.05, 4.69) is 80.0 Å². The molecule has 0 aromatic carbocycles. The molecule has 2 nitrogen and oxygen atoms in total. The predicted molar refractivity (Wildman–Crippen MR) is 123 cm³/mol. The Hall–Kier alpha value is 1.66. The summed E-state index contributed by atoms with van der Waals surface area (Å²) >= 11 is 6.70. The molecule has 0 aromatic heterocycles. The molecule has 0 radical (unpaired) electrons. The van der Waals surface area contributed by atoms with E-state index in [1.807, 2.05) is 0 Å². The van der Waals surface area contributed by atoms with Crippen molar-refractivity contribution in [1.29, 1.82) is 0 Å². The summed E-state index contributed by atoms with van der Waals surface area (Å²) in [7, 11) is 0. The second-order valence-corrected chi connectivity index (χ2v) is 17.1. The second kappa shape index (κ2) is 16.1. The van der Waals surface area contributed by atoms with Gasteiger partial charge in [-0.2, -0.15) is 0 Å². The number of unbranched alkanes of at least 4 members (excludes halogenated alkanes) is 12. The van der Waals surface area contributed by atoms with Gasteiger partial charge in [-0.05, 0) is 74.2 Å². The highest BCUT2D eigenvalue weighted by Gasteiger charge is 2.18. The quantitative estimate of drug-likeness (QED) is 0.0849. The molecule has 132 valence electrons. The van der Waals surface area contributed by atoms with E-state index < -0.39 is 0 Å². The van der Waals surface area contributed by atoms with Gasteiger partial charge in [-0.3, -0.25) is 4.79 Å². The van der Waals surface area contributed by atoms with Gasteiger partial charge in [0.25, 0.3) is 0 Å². The Morgan fingerprint density at radius 3 is 1.45 bits per heavy atom. The van der Waals surface area contributed by atoms with Gasteiger partial charge in [-0.1, -0.05) is 84.0 Å². The summed E-state index contributed by atoms with van der Waals surface area (Å²) in [5.41, 5.74) is 0. The summed E-state index contributed by atoms with van der Waals surface area (Å²) in [5.74, 6) is 0.182. The van der Waals surface area contributed by atoms with Crippen molar-refractivity contribution in [2.75, 3.05) is 0 Å². The van der Waals surface area contributed by atoms with Crippen LogP contribution in [0.15, 0.2) is 0 Å². The molecular weight excluding hydrogens is 615 g/mol. The fourth-order valence-electron chi connectivity index (χ4n) is 2.52. The van der Waals surface area contributed by atoms with Gasteiger partial charge in [0.2, 0.25) is 5.91 Å². The molecule has 0 unspecified atom stereocenters. The van der Waals surface area contributed by atoms with Gasteiger partial charge in [0.1, 0.15) is 0 Å². The van der Waals surface area contributed by atoms with E-state index in [-0.39, 0.29) is 5.47 Å². The number of nitrogens with one attached hydrogen (secondary N) is 1.